The predicted octanol–water partition coefficient (Wildman–Crippen LogP) is 3.73. The van der Waals surface area contributed by atoms with Gasteiger partial charge in [0.2, 0.25) is 17.5 Å². The molecule has 0 aromatic heterocycles. The van der Waals surface area contributed by atoms with Crippen molar-refractivity contribution in [2.45, 2.75) is 64.4 Å². The number of alkyl carbamates (subject to hydrolysis) is 1. The number of nitrogens with one attached hydrogen (secondary N) is 2. The number of hydrogen-bond donors (Lipinski definition) is 4. The van der Waals surface area contributed by atoms with Crippen molar-refractivity contribution in [1.29, 1.82) is 0 Å². The van der Waals surface area contributed by atoms with Crippen LogP contribution in [0.5, 0.6) is 0 Å². The summed E-state index contributed by atoms with van der Waals surface area (Å²) < 4.78 is 10.2. The van der Waals surface area contributed by atoms with E-state index < -0.39 is 35.8 Å². The molecular weight excluding hydrogens is 602 g/mol. The van der Waals surface area contributed by atoms with Gasteiger partial charge < -0.3 is 35.8 Å². The third-order valence-electron chi connectivity index (χ3n) is 7.85. The molecule has 0 aliphatic carbocycles. The summed E-state index contributed by atoms with van der Waals surface area (Å²) in [4.78, 5) is 56.1. The van der Waals surface area contributed by atoms with Crippen LogP contribution in [0.4, 0.5) is 10.5 Å². The Bertz CT molecular complexity index is 1600. The van der Waals surface area contributed by atoms with E-state index in [1.54, 1.807) is 37.4 Å². The molecule has 3 atom stereocenters. The van der Waals surface area contributed by atoms with Crippen LogP contribution in [0, 0.1) is 5.92 Å². The molecule has 47 heavy (non-hydrogen) atoms. The highest BCUT2D eigenvalue weighted by molar-refractivity contribution is 5.96. The fourth-order valence-electron chi connectivity index (χ4n) is 5.26. The number of ether oxygens (including phenoxy) is 2. The first-order chi connectivity index (χ1) is 22.4. The number of fused-ring (bicyclic) bond motifs is 1. The molecule has 4 rings (SSSR count). The van der Waals surface area contributed by atoms with Gasteiger partial charge in [-0.25, -0.2) is 9.59 Å². The largest absolute Gasteiger partial charge is 0.465 e. The van der Waals surface area contributed by atoms with Gasteiger partial charge in [-0.2, -0.15) is 0 Å². The molecule has 0 unspecified atom stereocenters. The molecule has 3 aromatic rings. The number of anilines is 1. The molecular formula is C35H43N5O7. The Morgan fingerprint density at radius 2 is 1.66 bits per heavy atom. The van der Waals surface area contributed by atoms with Crippen LogP contribution < -0.4 is 21.3 Å². The van der Waals surface area contributed by atoms with Crippen molar-refractivity contribution in [2.75, 3.05) is 18.7 Å². The van der Waals surface area contributed by atoms with Crippen LogP contribution in [0.1, 0.15) is 45.6 Å². The minimum atomic E-state index is -2.35. The molecule has 1 heterocycles. The lowest BCUT2D eigenvalue weighted by molar-refractivity contribution is -0.170. The Morgan fingerprint density at radius 1 is 0.979 bits per heavy atom. The van der Waals surface area contributed by atoms with Crippen molar-refractivity contribution >= 4 is 40.3 Å². The topological polar surface area (TPSA) is 164 Å². The van der Waals surface area contributed by atoms with Crippen LogP contribution in [0.2, 0.25) is 0 Å². The van der Waals surface area contributed by atoms with Gasteiger partial charge in [0.25, 0.3) is 0 Å². The molecule has 12 nitrogen and oxygen atoms in total. The van der Waals surface area contributed by atoms with E-state index in [-0.39, 0.29) is 37.9 Å². The number of carbonyl (C=O) groups excluding carboxylic acids is 4. The summed E-state index contributed by atoms with van der Waals surface area (Å²) in [5, 5.41) is 18.2. The Kier molecular flexibility index (Phi) is 11.6. The molecule has 0 fully saturated rings. The number of aliphatic hydroxyl groups is 1. The zero-order valence-corrected chi connectivity index (χ0v) is 27.1. The minimum Gasteiger partial charge on any atom is -0.465 e. The molecule has 250 valence electrons. The van der Waals surface area contributed by atoms with Crippen LogP contribution in [-0.4, -0.2) is 65.5 Å². The van der Waals surface area contributed by atoms with E-state index in [9.17, 15) is 24.3 Å². The van der Waals surface area contributed by atoms with Crippen LogP contribution in [0.3, 0.4) is 0 Å². The SMILES string of the molecule is COC(=O)[C@@](O)(CCC(C)C)NC(=O)[C@H](CC1=CN(C(=O)[C@H](C)N)CN1c1cccc2ccccc12)NC(=O)OCc1ccccc1. The molecule has 0 saturated carbocycles. The van der Waals surface area contributed by atoms with E-state index in [0.29, 0.717) is 12.1 Å². The van der Waals surface area contributed by atoms with E-state index >= 15 is 0 Å². The minimum absolute atomic E-state index is 0.0526. The zero-order valence-electron chi connectivity index (χ0n) is 27.1. The van der Waals surface area contributed by atoms with Gasteiger partial charge in [-0.15, -0.1) is 0 Å². The Morgan fingerprint density at radius 3 is 2.34 bits per heavy atom. The number of methoxy groups -OCH3 is 1. The predicted molar refractivity (Wildman–Crippen MR) is 177 cm³/mol. The zero-order chi connectivity index (χ0) is 34.1. The molecule has 0 saturated heterocycles. The van der Waals surface area contributed by atoms with Crippen LogP contribution in [-0.2, 0) is 30.5 Å². The number of nitrogens with two attached hydrogens (primary N) is 1. The third kappa shape index (κ3) is 8.87. The van der Waals surface area contributed by atoms with Crippen molar-refractivity contribution in [2.24, 2.45) is 11.7 Å². The number of esters is 1. The van der Waals surface area contributed by atoms with Gasteiger partial charge in [-0.3, -0.25) is 14.5 Å². The number of carbonyl (C=O) groups is 4. The maximum Gasteiger partial charge on any atom is 0.408 e. The number of nitrogens with zero attached hydrogens (tertiary/aromatic N) is 2. The second-order valence-electron chi connectivity index (χ2n) is 12.0. The lowest BCUT2D eigenvalue weighted by atomic mass is 9.99. The summed E-state index contributed by atoms with van der Waals surface area (Å²) >= 11 is 0. The Labute approximate surface area is 274 Å². The maximum absolute atomic E-state index is 13.9. The normalized spacial score (nSPS) is 15.4. The van der Waals surface area contributed by atoms with Crippen molar-refractivity contribution in [1.82, 2.24) is 15.5 Å². The van der Waals surface area contributed by atoms with Gasteiger partial charge in [0.05, 0.1) is 18.8 Å². The van der Waals surface area contributed by atoms with Crippen molar-refractivity contribution in [3.8, 4) is 0 Å². The highest BCUT2D eigenvalue weighted by Gasteiger charge is 2.41. The quantitative estimate of drug-likeness (QED) is 0.160. The second kappa shape index (κ2) is 15.6. The highest BCUT2D eigenvalue weighted by Crippen LogP contribution is 2.34. The average Bonchev–Trinajstić information content (AvgIpc) is 3.48. The van der Waals surface area contributed by atoms with Crippen LogP contribution >= 0.6 is 0 Å². The molecule has 3 amide bonds. The summed E-state index contributed by atoms with van der Waals surface area (Å²) in [6.45, 7) is 5.47. The van der Waals surface area contributed by atoms with E-state index in [0.717, 1.165) is 29.1 Å². The first kappa shape index (κ1) is 34.9. The maximum atomic E-state index is 13.9. The summed E-state index contributed by atoms with van der Waals surface area (Å²) in [5.74, 6) is -2.12. The first-order valence-corrected chi connectivity index (χ1v) is 15.5. The second-order valence-corrected chi connectivity index (χ2v) is 12.0. The molecule has 3 aromatic carbocycles. The first-order valence-electron chi connectivity index (χ1n) is 15.5. The lowest BCUT2D eigenvalue weighted by Gasteiger charge is -2.30. The van der Waals surface area contributed by atoms with E-state index in [1.165, 1.54) is 4.90 Å². The van der Waals surface area contributed by atoms with Gasteiger partial charge in [-0.1, -0.05) is 80.6 Å². The fraction of sp³-hybridized carbons (Fsp3) is 0.371. The number of benzene rings is 3. The Hall–Kier alpha value is -4.94. The van der Waals surface area contributed by atoms with Gasteiger partial charge in [0.15, 0.2) is 0 Å². The van der Waals surface area contributed by atoms with Gasteiger partial charge in [0.1, 0.15) is 19.3 Å². The molecule has 1 aliphatic heterocycles. The molecule has 0 bridgehead atoms. The standard InChI is InChI=1S/C35H43N5O7/c1-23(2)17-18-35(45,33(43)46-4)38-31(41)29(37-34(44)47-21-25-11-6-5-7-12-25)19-27-20-39(32(42)24(3)36)22-40(27)30-16-10-14-26-13-8-9-15-28(26)30/h5-16,20,23-24,29,45H,17-19,21-22,36H2,1-4H3,(H,37,44)(H,38,41)/t24-,29-,35-/m0/s1. The van der Waals surface area contributed by atoms with E-state index in [2.05, 4.69) is 10.6 Å². The number of hydrogen-bond acceptors (Lipinski definition) is 9. The summed E-state index contributed by atoms with van der Waals surface area (Å²) in [5.41, 5.74) is 5.61. The van der Waals surface area contributed by atoms with Gasteiger partial charge in [-0.05, 0) is 36.3 Å². The van der Waals surface area contributed by atoms with E-state index in [4.69, 9.17) is 15.2 Å². The van der Waals surface area contributed by atoms with Gasteiger partial charge >= 0.3 is 12.1 Å². The molecule has 0 radical (unpaired) electrons. The average molecular weight is 646 g/mol. The van der Waals surface area contributed by atoms with Crippen molar-refractivity contribution in [3.05, 3.63) is 90.3 Å². The smallest absolute Gasteiger partial charge is 0.408 e. The lowest BCUT2D eigenvalue weighted by Crippen LogP contribution is -2.60. The van der Waals surface area contributed by atoms with Gasteiger partial charge in [0, 0.05) is 30.1 Å². The highest BCUT2D eigenvalue weighted by atomic mass is 16.6. The molecule has 1 aliphatic rings. The van der Waals surface area contributed by atoms with Crippen LogP contribution in [0.15, 0.2) is 84.7 Å². The van der Waals surface area contributed by atoms with Crippen LogP contribution in [0.25, 0.3) is 10.8 Å². The number of amides is 3. The molecule has 12 heteroatoms. The van der Waals surface area contributed by atoms with Crippen molar-refractivity contribution < 1.29 is 33.8 Å². The third-order valence-corrected chi connectivity index (χ3v) is 7.85. The molecule has 0 spiro atoms. The fourth-order valence-corrected chi connectivity index (χ4v) is 5.26. The van der Waals surface area contributed by atoms with E-state index in [1.807, 2.05) is 67.3 Å². The molecule has 5 N–H and O–H groups in total. The monoisotopic (exact) mass is 645 g/mol. The Balaban J connectivity index is 1.68. The summed E-state index contributed by atoms with van der Waals surface area (Å²) in [7, 11) is 1.11. The van der Waals surface area contributed by atoms with Crippen molar-refractivity contribution in [3.63, 3.8) is 0 Å². The number of rotatable bonds is 13. The summed E-state index contributed by atoms with van der Waals surface area (Å²) in [6, 6.07) is 20.4. The summed E-state index contributed by atoms with van der Waals surface area (Å²) in [6.07, 6.45) is 0.847.